The number of nitrogens with one attached hydrogen (secondary N) is 1. The van der Waals surface area contributed by atoms with Gasteiger partial charge in [0.2, 0.25) is 5.91 Å². The smallest absolute Gasteiger partial charge is 0.220 e. The molecule has 1 N–H and O–H groups in total. The number of amides is 1. The first-order chi connectivity index (χ1) is 17.8. The van der Waals surface area contributed by atoms with E-state index in [9.17, 15) is 4.79 Å². The summed E-state index contributed by atoms with van der Waals surface area (Å²) in [4.78, 5) is 17.0. The van der Waals surface area contributed by atoms with Gasteiger partial charge in [0.15, 0.2) is 0 Å². The van der Waals surface area contributed by atoms with E-state index < -0.39 is 0 Å². The summed E-state index contributed by atoms with van der Waals surface area (Å²) in [6.07, 6.45) is 5.85. The summed E-state index contributed by atoms with van der Waals surface area (Å²) in [5, 5.41) is 9.04. The summed E-state index contributed by atoms with van der Waals surface area (Å²) in [6.45, 7) is 5.15. The fourth-order valence-corrected chi connectivity index (χ4v) is 5.57. The summed E-state index contributed by atoms with van der Waals surface area (Å²) in [5.74, 6) is 0.636. The minimum atomic E-state index is -0.0724. The standard InChI is InChI=1S/C30H30Cl2N4O/c1-30(2)22(16-29(37)34-14-12-20-7-4-3-5-8-20)15-24(30)28-18-27(21-9-6-13-33-19-21)35-36(28)23-10-11-25(31)26(32)17-23/h3-11,13,17-19,22,24H,12,14-16H2,1-2H3,(H,34,37)/t22-,24-/m1/s1. The van der Waals surface area contributed by atoms with Crippen LogP contribution >= 0.6 is 23.2 Å². The molecule has 2 aromatic heterocycles. The number of benzene rings is 2. The molecular weight excluding hydrogens is 503 g/mol. The van der Waals surface area contributed by atoms with Crippen LogP contribution in [0.25, 0.3) is 16.9 Å². The topological polar surface area (TPSA) is 59.8 Å². The van der Waals surface area contributed by atoms with Gasteiger partial charge in [-0.3, -0.25) is 9.78 Å². The Morgan fingerprint density at radius 2 is 1.86 bits per heavy atom. The van der Waals surface area contributed by atoms with Crippen LogP contribution in [0.2, 0.25) is 10.0 Å². The monoisotopic (exact) mass is 532 g/mol. The third kappa shape index (κ3) is 5.43. The highest BCUT2D eigenvalue weighted by Gasteiger charge is 2.50. The van der Waals surface area contributed by atoms with Crippen LogP contribution in [0.15, 0.2) is 79.1 Å². The minimum Gasteiger partial charge on any atom is -0.356 e. The molecule has 1 aliphatic carbocycles. The average Bonchev–Trinajstić information content (AvgIpc) is 3.33. The average molecular weight is 534 g/mol. The van der Waals surface area contributed by atoms with Gasteiger partial charge in [0.1, 0.15) is 0 Å². The van der Waals surface area contributed by atoms with Crippen molar-refractivity contribution in [1.82, 2.24) is 20.1 Å². The van der Waals surface area contributed by atoms with Gasteiger partial charge in [0.05, 0.1) is 21.4 Å². The Balaban J connectivity index is 1.33. The van der Waals surface area contributed by atoms with E-state index in [4.69, 9.17) is 28.3 Å². The third-order valence-electron chi connectivity index (χ3n) is 7.68. The van der Waals surface area contributed by atoms with Crippen molar-refractivity contribution in [1.29, 1.82) is 0 Å². The number of carbonyl (C=O) groups is 1. The molecule has 1 aliphatic rings. The van der Waals surface area contributed by atoms with Crippen molar-refractivity contribution in [2.75, 3.05) is 6.54 Å². The molecule has 1 fully saturated rings. The zero-order valence-corrected chi connectivity index (χ0v) is 22.5. The van der Waals surface area contributed by atoms with E-state index in [2.05, 4.69) is 42.3 Å². The Kier molecular flexibility index (Phi) is 7.36. The zero-order valence-electron chi connectivity index (χ0n) is 21.0. The summed E-state index contributed by atoms with van der Waals surface area (Å²) >= 11 is 12.5. The second-order valence-corrected chi connectivity index (χ2v) is 11.1. The summed E-state index contributed by atoms with van der Waals surface area (Å²) in [5.41, 5.74) is 4.92. The molecule has 0 saturated heterocycles. The van der Waals surface area contributed by atoms with Crippen LogP contribution in [0.1, 0.15) is 43.9 Å². The second kappa shape index (κ2) is 10.7. The van der Waals surface area contributed by atoms with Crippen molar-refractivity contribution in [3.05, 3.63) is 100 Å². The fraction of sp³-hybridized carbons (Fsp3) is 0.300. The number of aromatic nitrogens is 3. The highest BCUT2D eigenvalue weighted by Crippen LogP contribution is 2.58. The molecule has 0 unspecified atom stereocenters. The van der Waals surface area contributed by atoms with Crippen molar-refractivity contribution >= 4 is 29.1 Å². The van der Waals surface area contributed by atoms with E-state index in [1.165, 1.54) is 5.56 Å². The van der Waals surface area contributed by atoms with Gasteiger partial charge in [-0.05, 0) is 66.1 Å². The number of halogens is 2. The highest BCUT2D eigenvalue weighted by atomic mass is 35.5. The summed E-state index contributed by atoms with van der Waals surface area (Å²) < 4.78 is 1.97. The third-order valence-corrected chi connectivity index (χ3v) is 8.42. The van der Waals surface area contributed by atoms with E-state index in [0.29, 0.717) is 23.0 Å². The first kappa shape index (κ1) is 25.5. The van der Waals surface area contributed by atoms with Crippen LogP contribution in [-0.2, 0) is 11.2 Å². The number of hydrogen-bond acceptors (Lipinski definition) is 3. The molecule has 2 heterocycles. The van der Waals surface area contributed by atoms with Gasteiger partial charge in [-0.15, -0.1) is 0 Å². The molecule has 0 radical (unpaired) electrons. The molecule has 1 saturated carbocycles. The number of carbonyl (C=O) groups excluding carboxylic acids is 1. The Morgan fingerprint density at radius 1 is 1.05 bits per heavy atom. The van der Waals surface area contributed by atoms with Gasteiger partial charge >= 0.3 is 0 Å². The van der Waals surface area contributed by atoms with Gasteiger partial charge in [0, 0.05) is 42.5 Å². The summed E-state index contributed by atoms with van der Waals surface area (Å²) in [6, 6.07) is 21.9. The van der Waals surface area contributed by atoms with E-state index in [1.54, 1.807) is 12.3 Å². The molecule has 5 nitrogen and oxygen atoms in total. The number of pyridine rings is 1. The number of nitrogens with zero attached hydrogens (tertiary/aromatic N) is 3. The second-order valence-electron chi connectivity index (χ2n) is 10.3. The molecule has 37 heavy (non-hydrogen) atoms. The van der Waals surface area contributed by atoms with Crippen LogP contribution in [0, 0.1) is 11.3 Å². The van der Waals surface area contributed by atoms with Crippen LogP contribution in [-0.4, -0.2) is 27.2 Å². The molecule has 2 aromatic carbocycles. The SMILES string of the molecule is CC1(C)[C@@H](CC(=O)NCCc2ccccc2)C[C@@H]1c1cc(-c2cccnc2)nn1-c1ccc(Cl)c(Cl)c1. The van der Waals surface area contributed by atoms with Crippen LogP contribution < -0.4 is 5.32 Å². The molecule has 5 rings (SSSR count). The maximum absolute atomic E-state index is 12.8. The van der Waals surface area contributed by atoms with E-state index in [-0.39, 0.29) is 23.2 Å². The fourth-order valence-electron chi connectivity index (χ4n) is 5.27. The van der Waals surface area contributed by atoms with Crippen molar-refractivity contribution in [3.63, 3.8) is 0 Å². The van der Waals surface area contributed by atoms with Crippen LogP contribution in [0.5, 0.6) is 0 Å². The maximum Gasteiger partial charge on any atom is 0.220 e. The molecule has 0 bridgehead atoms. The molecule has 0 aliphatic heterocycles. The van der Waals surface area contributed by atoms with Crippen LogP contribution in [0.3, 0.4) is 0 Å². The Bertz CT molecular complexity index is 1390. The van der Waals surface area contributed by atoms with Crippen molar-refractivity contribution in [2.24, 2.45) is 11.3 Å². The van der Waals surface area contributed by atoms with E-state index in [1.807, 2.05) is 53.3 Å². The van der Waals surface area contributed by atoms with Gasteiger partial charge in [-0.1, -0.05) is 67.4 Å². The van der Waals surface area contributed by atoms with Gasteiger partial charge in [-0.2, -0.15) is 5.10 Å². The lowest BCUT2D eigenvalue weighted by Gasteiger charge is -2.52. The van der Waals surface area contributed by atoms with Gasteiger partial charge in [-0.25, -0.2) is 4.68 Å². The first-order valence-corrected chi connectivity index (χ1v) is 13.3. The molecule has 2 atom stereocenters. The number of rotatable bonds is 8. The van der Waals surface area contributed by atoms with Gasteiger partial charge in [0.25, 0.3) is 0 Å². The first-order valence-electron chi connectivity index (χ1n) is 12.6. The Morgan fingerprint density at radius 3 is 2.57 bits per heavy atom. The van der Waals surface area contributed by atoms with Crippen molar-refractivity contribution in [2.45, 2.75) is 39.0 Å². The molecule has 190 valence electrons. The largest absolute Gasteiger partial charge is 0.356 e. The predicted octanol–water partition coefficient (Wildman–Crippen LogP) is 7.12. The Hall–Kier alpha value is -3.15. The zero-order chi connectivity index (χ0) is 26.0. The number of hydrogen-bond donors (Lipinski definition) is 1. The Labute approximate surface area is 227 Å². The maximum atomic E-state index is 12.8. The molecular formula is C30H30Cl2N4O. The molecule has 1 amide bonds. The quantitative estimate of drug-likeness (QED) is 0.262. The lowest BCUT2D eigenvalue weighted by atomic mass is 9.52. The van der Waals surface area contributed by atoms with Crippen molar-refractivity contribution in [3.8, 4) is 16.9 Å². The molecule has 7 heteroatoms. The van der Waals surface area contributed by atoms with Crippen molar-refractivity contribution < 1.29 is 4.79 Å². The lowest BCUT2D eigenvalue weighted by Crippen LogP contribution is -2.46. The van der Waals surface area contributed by atoms with Crippen LogP contribution in [0.4, 0.5) is 0 Å². The lowest BCUT2D eigenvalue weighted by molar-refractivity contribution is -0.125. The molecule has 0 spiro atoms. The van der Waals surface area contributed by atoms with E-state index >= 15 is 0 Å². The highest BCUT2D eigenvalue weighted by molar-refractivity contribution is 6.42. The summed E-state index contributed by atoms with van der Waals surface area (Å²) in [7, 11) is 0. The normalized spacial score (nSPS) is 18.3. The molecule has 4 aromatic rings. The predicted molar refractivity (Wildman–Crippen MR) is 149 cm³/mol. The van der Waals surface area contributed by atoms with E-state index in [0.717, 1.165) is 35.5 Å². The minimum absolute atomic E-state index is 0.0724. The van der Waals surface area contributed by atoms with Gasteiger partial charge < -0.3 is 5.32 Å².